The fourth-order valence-electron chi connectivity index (χ4n) is 5.40. The number of carboxylic acid groups (broad SMARTS) is 1. The van der Waals surface area contributed by atoms with Crippen LogP contribution in [0.2, 0.25) is 0 Å². The van der Waals surface area contributed by atoms with Crippen molar-refractivity contribution in [1.29, 1.82) is 0 Å². The number of ether oxygens (including phenoxy) is 1. The molecule has 1 heterocycles. The highest BCUT2D eigenvalue weighted by atomic mass is 16.5. The Hall–Kier alpha value is -2.33. The zero-order valence-electron chi connectivity index (χ0n) is 18.6. The summed E-state index contributed by atoms with van der Waals surface area (Å²) in [5.41, 5.74) is 3.15. The van der Waals surface area contributed by atoms with Crippen LogP contribution in [0.15, 0.2) is 54.6 Å². The SMILES string of the molecule is COc1cccc(CC2(CC[C@@H]3CC3c3ccccc3)CCN(CCC(=O)O)CC2)c1. The molecule has 2 aromatic rings. The lowest BCUT2D eigenvalue weighted by Crippen LogP contribution is -2.42. The molecule has 1 N–H and O–H groups in total. The van der Waals surface area contributed by atoms with Gasteiger partial charge in [-0.3, -0.25) is 4.79 Å². The molecule has 4 heteroatoms. The van der Waals surface area contributed by atoms with Crippen molar-refractivity contribution in [3.63, 3.8) is 0 Å². The van der Waals surface area contributed by atoms with Gasteiger partial charge in [-0.25, -0.2) is 0 Å². The zero-order chi connectivity index (χ0) is 21.7. The van der Waals surface area contributed by atoms with Crippen LogP contribution in [0.25, 0.3) is 0 Å². The van der Waals surface area contributed by atoms with E-state index in [1.54, 1.807) is 7.11 Å². The Morgan fingerprint density at radius 3 is 2.61 bits per heavy atom. The van der Waals surface area contributed by atoms with Gasteiger partial charge in [0, 0.05) is 6.54 Å². The van der Waals surface area contributed by atoms with E-state index in [2.05, 4.69) is 53.4 Å². The number of piperidine rings is 1. The van der Waals surface area contributed by atoms with Crippen molar-refractivity contribution in [2.45, 2.75) is 50.9 Å². The molecule has 2 aromatic carbocycles. The predicted octanol–water partition coefficient (Wildman–Crippen LogP) is 5.38. The van der Waals surface area contributed by atoms with E-state index in [1.807, 2.05) is 6.07 Å². The number of aliphatic carboxylic acids is 1. The molecule has 1 aliphatic carbocycles. The Bertz CT molecular complexity index is 858. The molecular weight excluding hydrogens is 386 g/mol. The van der Waals surface area contributed by atoms with Gasteiger partial charge in [0.05, 0.1) is 13.5 Å². The van der Waals surface area contributed by atoms with Crippen molar-refractivity contribution < 1.29 is 14.6 Å². The van der Waals surface area contributed by atoms with Crippen LogP contribution >= 0.6 is 0 Å². The number of hydrogen-bond donors (Lipinski definition) is 1. The Kier molecular flexibility index (Phi) is 6.96. The van der Waals surface area contributed by atoms with E-state index in [1.165, 1.54) is 30.4 Å². The minimum atomic E-state index is -0.700. The van der Waals surface area contributed by atoms with Gasteiger partial charge in [0.15, 0.2) is 0 Å². The molecule has 2 aliphatic rings. The monoisotopic (exact) mass is 421 g/mol. The highest BCUT2D eigenvalue weighted by Gasteiger charge is 2.41. The van der Waals surface area contributed by atoms with E-state index in [0.717, 1.165) is 49.9 Å². The lowest BCUT2D eigenvalue weighted by Gasteiger charge is -2.42. The van der Waals surface area contributed by atoms with Crippen LogP contribution in [-0.4, -0.2) is 42.7 Å². The number of hydrogen-bond acceptors (Lipinski definition) is 3. The van der Waals surface area contributed by atoms with Crippen molar-refractivity contribution in [1.82, 2.24) is 4.90 Å². The molecule has 1 saturated carbocycles. The van der Waals surface area contributed by atoms with E-state index in [9.17, 15) is 4.79 Å². The molecule has 2 fully saturated rings. The molecule has 1 unspecified atom stereocenters. The second kappa shape index (κ2) is 9.86. The quantitative estimate of drug-likeness (QED) is 0.560. The van der Waals surface area contributed by atoms with Crippen LogP contribution in [0.3, 0.4) is 0 Å². The maximum Gasteiger partial charge on any atom is 0.304 e. The average Bonchev–Trinajstić information content (AvgIpc) is 3.58. The number of benzene rings is 2. The number of rotatable bonds is 10. The molecule has 0 bridgehead atoms. The molecule has 4 nitrogen and oxygen atoms in total. The topological polar surface area (TPSA) is 49.8 Å². The van der Waals surface area contributed by atoms with E-state index in [-0.39, 0.29) is 6.42 Å². The summed E-state index contributed by atoms with van der Waals surface area (Å²) in [4.78, 5) is 13.3. The fraction of sp³-hybridized carbons (Fsp3) is 0.519. The number of methoxy groups -OCH3 is 1. The lowest BCUT2D eigenvalue weighted by atomic mass is 9.70. The summed E-state index contributed by atoms with van der Waals surface area (Å²) in [5, 5.41) is 9.02. The largest absolute Gasteiger partial charge is 0.497 e. The first-order chi connectivity index (χ1) is 15.1. The molecule has 2 atom stereocenters. The maximum atomic E-state index is 11.0. The summed E-state index contributed by atoms with van der Waals surface area (Å²) in [7, 11) is 1.73. The molecule has 31 heavy (non-hydrogen) atoms. The second-order valence-corrected chi connectivity index (χ2v) is 9.57. The molecule has 0 radical (unpaired) electrons. The van der Waals surface area contributed by atoms with Gasteiger partial charge in [0.2, 0.25) is 0 Å². The van der Waals surface area contributed by atoms with Crippen LogP contribution < -0.4 is 4.74 Å². The van der Waals surface area contributed by atoms with Gasteiger partial charge in [-0.2, -0.15) is 0 Å². The van der Waals surface area contributed by atoms with Gasteiger partial charge in [0.25, 0.3) is 0 Å². The highest BCUT2D eigenvalue weighted by molar-refractivity contribution is 5.66. The summed E-state index contributed by atoms with van der Waals surface area (Å²) in [6.07, 6.45) is 7.48. The summed E-state index contributed by atoms with van der Waals surface area (Å²) >= 11 is 0. The molecule has 0 aromatic heterocycles. The first-order valence-corrected chi connectivity index (χ1v) is 11.7. The Balaban J connectivity index is 1.40. The van der Waals surface area contributed by atoms with Crippen LogP contribution in [0.4, 0.5) is 0 Å². The smallest absolute Gasteiger partial charge is 0.304 e. The lowest BCUT2D eigenvalue weighted by molar-refractivity contribution is -0.137. The van der Waals surface area contributed by atoms with Crippen LogP contribution in [0, 0.1) is 11.3 Å². The first kappa shape index (κ1) is 21.9. The highest BCUT2D eigenvalue weighted by Crippen LogP contribution is 2.52. The Labute approximate surface area is 186 Å². The zero-order valence-corrected chi connectivity index (χ0v) is 18.6. The third-order valence-electron chi connectivity index (χ3n) is 7.47. The van der Waals surface area contributed by atoms with Crippen molar-refractivity contribution >= 4 is 5.97 Å². The summed E-state index contributed by atoms with van der Waals surface area (Å²) in [5.74, 6) is 1.78. The standard InChI is InChI=1S/C27H35NO3/c1-31-24-9-5-6-21(18-24)20-27(13-16-28(17-14-27)15-11-26(29)30)12-10-23-19-25(23)22-7-3-2-4-8-22/h2-9,18,23,25H,10-17,19-20H2,1H3,(H,29,30)/t23-,25?/m1/s1. The summed E-state index contributed by atoms with van der Waals surface area (Å²) in [6.45, 7) is 2.68. The van der Waals surface area contributed by atoms with Crippen molar-refractivity contribution in [2.75, 3.05) is 26.7 Å². The van der Waals surface area contributed by atoms with Gasteiger partial charge < -0.3 is 14.7 Å². The number of nitrogens with zero attached hydrogens (tertiary/aromatic N) is 1. The second-order valence-electron chi connectivity index (χ2n) is 9.57. The minimum absolute atomic E-state index is 0.240. The Morgan fingerprint density at radius 1 is 1.13 bits per heavy atom. The molecule has 4 rings (SSSR count). The van der Waals surface area contributed by atoms with Gasteiger partial charge in [-0.15, -0.1) is 0 Å². The van der Waals surface area contributed by atoms with E-state index in [0.29, 0.717) is 12.0 Å². The fourth-order valence-corrected chi connectivity index (χ4v) is 5.40. The van der Waals surface area contributed by atoms with E-state index >= 15 is 0 Å². The van der Waals surface area contributed by atoms with Gasteiger partial charge in [-0.05, 0) is 92.1 Å². The minimum Gasteiger partial charge on any atom is -0.497 e. The van der Waals surface area contributed by atoms with Crippen molar-refractivity contribution in [3.8, 4) is 5.75 Å². The van der Waals surface area contributed by atoms with Crippen molar-refractivity contribution in [2.24, 2.45) is 11.3 Å². The number of carboxylic acids is 1. The molecule has 0 spiro atoms. The third-order valence-corrected chi connectivity index (χ3v) is 7.47. The number of carbonyl (C=O) groups is 1. The van der Waals surface area contributed by atoms with Gasteiger partial charge in [-0.1, -0.05) is 42.5 Å². The van der Waals surface area contributed by atoms with E-state index in [4.69, 9.17) is 9.84 Å². The van der Waals surface area contributed by atoms with Gasteiger partial charge >= 0.3 is 5.97 Å². The summed E-state index contributed by atoms with van der Waals surface area (Å²) in [6, 6.07) is 19.5. The Morgan fingerprint density at radius 2 is 1.90 bits per heavy atom. The van der Waals surface area contributed by atoms with Crippen LogP contribution in [0.5, 0.6) is 5.75 Å². The van der Waals surface area contributed by atoms with Crippen LogP contribution in [0.1, 0.15) is 55.6 Å². The molecule has 1 aliphatic heterocycles. The van der Waals surface area contributed by atoms with E-state index < -0.39 is 5.97 Å². The molecule has 166 valence electrons. The van der Waals surface area contributed by atoms with Crippen LogP contribution in [-0.2, 0) is 11.2 Å². The summed E-state index contributed by atoms with van der Waals surface area (Å²) < 4.78 is 5.46. The molecular formula is C27H35NO3. The predicted molar refractivity (Wildman–Crippen MR) is 124 cm³/mol. The average molecular weight is 422 g/mol. The normalized spacial score (nSPS) is 22.7. The van der Waals surface area contributed by atoms with Crippen molar-refractivity contribution in [3.05, 3.63) is 65.7 Å². The number of likely N-dealkylation sites (tertiary alicyclic amines) is 1. The van der Waals surface area contributed by atoms with Gasteiger partial charge in [0.1, 0.15) is 5.75 Å². The molecule has 1 saturated heterocycles. The first-order valence-electron chi connectivity index (χ1n) is 11.7. The third kappa shape index (κ3) is 5.88. The molecule has 0 amide bonds. The maximum absolute atomic E-state index is 11.0.